The van der Waals surface area contributed by atoms with Crippen LogP contribution in [0.4, 0.5) is 5.82 Å². The maximum atomic E-state index is 9.39. The van der Waals surface area contributed by atoms with E-state index in [9.17, 15) is 10.2 Å². The van der Waals surface area contributed by atoms with Gasteiger partial charge >= 0.3 is 0 Å². The molecule has 2 rings (SSSR count). The van der Waals surface area contributed by atoms with Gasteiger partial charge in [0.05, 0.1) is 16.7 Å². The molecule has 0 radical (unpaired) electrons. The van der Waals surface area contributed by atoms with Gasteiger partial charge in [0.2, 0.25) is 0 Å². The number of pyridine rings is 1. The molecule has 1 fully saturated rings. The number of hydrogen-bond acceptors (Lipinski definition) is 4. The Hall–Kier alpha value is -0.650. The van der Waals surface area contributed by atoms with Crippen LogP contribution in [0.3, 0.4) is 0 Å². The Morgan fingerprint density at radius 2 is 2.00 bits per heavy atom. The molecule has 0 bridgehead atoms. The van der Waals surface area contributed by atoms with E-state index in [1.807, 2.05) is 17.0 Å². The van der Waals surface area contributed by atoms with E-state index in [0.717, 1.165) is 10.3 Å². The molecule has 1 aliphatic heterocycles. The molecule has 2 atom stereocenters. The lowest BCUT2D eigenvalue weighted by Crippen LogP contribution is -2.22. The second-order valence-electron chi connectivity index (χ2n) is 3.35. The first-order valence-electron chi connectivity index (χ1n) is 4.40. The average molecular weight is 259 g/mol. The summed E-state index contributed by atoms with van der Waals surface area (Å²) in [4.78, 5) is 6.05. The molecule has 76 valence electrons. The quantitative estimate of drug-likeness (QED) is 0.765. The third kappa shape index (κ3) is 1.75. The summed E-state index contributed by atoms with van der Waals surface area (Å²) in [6.45, 7) is 0.855. The van der Waals surface area contributed by atoms with Crippen LogP contribution in [0.15, 0.2) is 22.8 Å². The third-order valence-electron chi connectivity index (χ3n) is 2.30. The summed E-state index contributed by atoms with van der Waals surface area (Å²) in [6.07, 6.45) is 0.338. The predicted molar refractivity (Wildman–Crippen MR) is 56.2 cm³/mol. The van der Waals surface area contributed by atoms with Crippen molar-refractivity contribution in [2.24, 2.45) is 0 Å². The number of aromatic nitrogens is 1. The molecule has 4 nitrogen and oxygen atoms in total. The average Bonchev–Trinajstić information content (AvgIpc) is 2.48. The normalized spacial score (nSPS) is 26.9. The Morgan fingerprint density at radius 3 is 2.57 bits per heavy atom. The monoisotopic (exact) mass is 258 g/mol. The molecule has 0 aromatic carbocycles. The molecule has 0 unspecified atom stereocenters. The number of halogens is 1. The molecule has 1 aromatic heterocycles. The molecule has 0 spiro atoms. The summed E-state index contributed by atoms with van der Waals surface area (Å²) < 4.78 is 0.876. The van der Waals surface area contributed by atoms with Gasteiger partial charge in [-0.1, -0.05) is 0 Å². The van der Waals surface area contributed by atoms with Crippen LogP contribution in [-0.2, 0) is 0 Å². The van der Waals surface area contributed by atoms with E-state index in [-0.39, 0.29) is 0 Å². The standard InChI is InChI=1S/C9H11BrN2O2/c10-6-2-1-3-11-9(6)12-4-7(13)8(14)5-12/h1-3,7-8,13-14H,4-5H2/t7-,8-/m1/s1. The fraction of sp³-hybridized carbons (Fsp3) is 0.444. The second-order valence-corrected chi connectivity index (χ2v) is 4.20. The highest BCUT2D eigenvalue weighted by molar-refractivity contribution is 9.10. The molecule has 5 heteroatoms. The van der Waals surface area contributed by atoms with Gasteiger partial charge in [0.1, 0.15) is 5.82 Å². The van der Waals surface area contributed by atoms with Crippen molar-refractivity contribution in [1.82, 2.24) is 4.98 Å². The smallest absolute Gasteiger partial charge is 0.143 e. The van der Waals surface area contributed by atoms with E-state index >= 15 is 0 Å². The molecular weight excluding hydrogens is 248 g/mol. The van der Waals surface area contributed by atoms with Crippen LogP contribution in [0.25, 0.3) is 0 Å². The number of β-amino-alcohol motifs (C(OH)–C–C–N with tert-alkyl or cyclic N) is 2. The second kappa shape index (κ2) is 3.84. The van der Waals surface area contributed by atoms with Gasteiger partial charge in [0.25, 0.3) is 0 Å². The Bertz CT molecular complexity index is 324. The van der Waals surface area contributed by atoms with Crippen LogP contribution in [0, 0.1) is 0 Å². The van der Waals surface area contributed by atoms with E-state index in [2.05, 4.69) is 20.9 Å². The zero-order valence-corrected chi connectivity index (χ0v) is 9.05. The van der Waals surface area contributed by atoms with Gasteiger partial charge in [-0.15, -0.1) is 0 Å². The van der Waals surface area contributed by atoms with E-state index in [0.29, 0.717) is 13.1 Å². The number of hydrogen-bond donors (Lipinski definition) is 2. The molecule has 1 saturated heterocycles. The van der Waals surface area contributed by atoms with Crippen molar-refractivity contribution in [1.29, 1.82) is 0 Å². The van der Waals surface area contributed by atoms with E-state index in [1.54, 1.807) is 6.20 Å². The van der Waals surface area contributed by atoms with E-state index < -0.39 is 12.2 Å². The van der Waals surface area contributed by atoms with Crippen LogP contribution >= 0.6 is 15.9 Å². The zero-order chi connectivity index (χ0) is 10.1. The lowest BCUT2D eigenvalue weighted by molar-refractivity contribution is 0.0572. The first-order chi connectivity index (χ1) is 6.68. The highest BCUT2D eigenvalue weighted by Gasteiger charge is 2.30. The summed E-state index contributed by atoms with van der Waals surface area (Å²) in [5, 5.41) is 18.8. The first-order valence-corrected chi connectivity index (χ1v) is 5.19. The summed E-state index contributed by atoms with van der Waals surface area (Å²) in [6, 6.07) is 3.72. The highest BCUT2D eigenvalue weighted by Crippen LogP contribution is 2.26. The van der Waals surface area contributed by atoms with Crippen LogP contribution in [0.5, 0.6) is 0 Å². The molecule has 2 N–H and O–H groups in total. The number of aliphatic hydroxyl groups is 2. The van der Waals surface area contributed by atoms with E-state index in [4.69, 9.17) is 0 Å². The van der Waals surface area contributed by atoms with Gasteiger partial charge in [-0.3, -0.25) is 0 Å². The number of aliphatic hydroxyl groups excluding tert-OH is 2. The third-order valence-corrected chi connectivity index (χ3v) is 2.92. The van der Waals surface area contributed by atoms with Gasteiger partial charge in [0, 0.05) is 19.3 Å². The van der Waals surface area contributed by atoms with Gasteiger partial charge in [-0.2, -0.15) is 0 Å². The summed E-state index contributed by atoms with van der Waals surface area (Å²) >= 11 is 3.38. The Balaban J connectivity index is 2.21. The Kier molecular flexibility index (Phi) is 2.71. The van der Waals surface area contributed by atoms with Crippen LogP contribution < -0.4 is 4.90 Å². The number of anilines is 1. The molecule has 1 aromatic rings. The van der Waals surface area contributed by atoms with Crippen molar-refractivity contribution >= 4 is 21.7 Å². The molecule has 0 aliphatic carbocycles. The number of nitrogens with zero attached hydrogens (tertiary/aromatic N) is 2. The zero-order valence-electron chi connectivity index (χ0n) is 7.47. The summed E-state index contributed by atoms with van der Waals surface area (Å²) in [5.41, 5.74) is 0. The summed E-state index contributed by atoms with van der Waals surface area (Å²) in [5.74, 6) is 0.767. The molecule has 0 saturated carbocycles. The fourth-order valence-electron chi connectivity index (χ4n) is 1.55. The molecule has 14 heavy (non-hydrogen) atoms. The lowest BCUT2D eigenvalue weighted by Gasteiger charge is -2.17. The van der Waals surface area contributed by atoms with Crippen molar-refractivity contribution in [2.75, 3.05) is 18.0 Å². The van der Waals surface area contributed by atoms with Crippen LogP contribution in [-0.4, -0.2) is 40.5 Å². The Labute approximate surface area is 90.3 Å². The van der Waals surface area contributed by atoms with Gasteiger partial charge in [-0.05, 0) is 28.1 Å². The van der Waals surface area contributed by atoms with Gasteiger partial charge in [0.15, 0.2) is 0 Å². The maximum absolute atomic E-state index is 9.39. The SMILES string of the molecule is O[C@@H]1CN(c2ncccc2Br)C[C@H]1O. The topological polar surface area (TPSA) is 56.6 Å². The molecule has 1 aliphatic rings. The van der Waals surface area contributed by atoms with Crippen molar-refractivity contribution < 1.29 is 10.2 Å². The predicted octanol–water partition coefficient (Wildman–Crippen LogP) is 0.386. The van der Waals surface area contributed by atoms with Crippen molar-refractivity contribution in [3.05, 3.63) is 22.8 Å². The Morgan fingerprint density at radius 1 is 1.36 bits per heavy atom. The van der Waals surface area contributed by atoms with E-state index in [1.165, 1.54) is 0 Å². The highest BCUT2D eigenvalue weighted by atomic mass is 79.9. The number of rotatable bonds is 1. The largest absolute Gasteiger partial charge is 0.389 e. The van der Waals surface area contributed by atoms with Gasteiger partial charge in [-0.25, -0.2) is 4.98 Å². The first kappa shape index (κ1) is 9.89. The van der Waals surface area contributed by atoms with Crippen molar-refractivity contribution in [3.8, 4) is 0 Å². The van der Waals surface area contributed by atoms with Crippen LogP contribution in [0.2, 0.25) is 0 Å². The lowest BCUT2D eigenvalue weighted by atomic mass is 10.3. The maximum Gasteiger partial charge on any atom is 0.143 e. The van der Waals surface area contributed by atoms with Gasteiger partial charge < -0.3 is 15.1 Å². The molecular formula is C9H11BrN2O2. The minimum Gasteiger partial charge on any atom is -0.389 e. The molecule has 2 heterocycles. The van der Waals surface area contributed by atoms with Crippen molar-refractivity contribution in [2.45, 2.75) is 12.2 Å². The summed E-state index contributed by atoms with van der Waals surface area (Å²) in [7, 11) is 0. The molecule has 0 amide bonds. The fourth-order valence-corrected chi connectivity index (χ4v) is 2.06. The minimum absolute atomic E-state index is 0.427. The van der Waals surface area contributed by atoms with Crippen LogP contribution in [0.1, 0.15) is 0 Å². The van der Waals surface area contributed by atoms with Crippen molar-refractivity contribution in [3.63, 3.8) is 0 Å². The minimum atomic E-state index is -0.677.